The average Bonchev–Trinajstić information content (AvgIpc) is 2.78. The highest BCUT2D eigenvalue weighted by Gasteiger charge is 2.05. The summed E-state index contributed by atoms with van der Waals surface area (Å²) in [5.74, 6) is 0. The fourth-order valence-electron chi connectivity index (χ4n) is 1.64. The van der Waals surface area contributed by atoms with Crippen molar-refractivity contribution in [1.29, 1.82) is 0 Å². The molecule has 0 unspecified atom stereocenters. The number of halogens is 1. The molecular weight excluding hydrogens is 296 g/mol. The Morgan fingerprint density at radius 1 is 1.29 bits per heavy atom. The minimum absolute atomic E-state index is 0.870. The third-order valence-corrected chi connectivity index (χ3v) is 3.84. The Balaban J connectivity index is 2.16. The number of hydrogen-bond acceptors (Lipinski definition) is 3. The summed E-state index contributed by atoms with van der Waals surface area (Å²) < 4.78 is 1.09. The van der Waals surface area contributed by atoms with E-state index in [0.29, 0.717) is 0 Å². The van der Waals surface area contributed by atoms with E-state index in [1.165, 1.54) is 10.6 Å². The molecule has 90 valence electrons. The van der Waals surface area contributed by atoms with Crippen LogP contribution in [0.1, 0.15) is 4.88 Å². The normalized spacial score (nSPS) is 10.3. The van der Waals surface area contributed by atoms with Gasteiger partial charge in [0, 0.05) is 30.0 Å². The minimum atomic E-state index is 0.870. The van der Waals surface area contributed by atoms with Crippen LogP contribution < -0.4 is 10.2 Å². The van der Waals surface area contributed by atoms with Gasteiger partial charge in [-0.25, -0.2) is 0 Å². The van der Waals surface area contributed by atoms with E-state index in [-0.39, 0.29) is 0 Å². The molecule has 4 heteroatoms. The first-order valence-corrected chi connectivity index (χ1v) is 7.07. The lowest BCUT2D eigenvalue weighted by Crippen LogP contribution is -2.12. The zero-order valence-corrected chi connectivity index (χ0v) is 12.3. The quantitative estimate of drug-likeness (QED) is 0.911. The highest BCUT2D eigenvalue weighted by Crippen LogP contribution is 2.28. The Labute approximate surface area is 114 Å². The summed E-state index contributed by atoms with van der Waals surface area (Å²) in [5, 5.41) is 5.58. The summed E-state index contributed by atoms with van der Waals surface area (Å²) in [4.78, 5) is 3.46. The second-order valence-corrected chi connectivity index (χ2v) is 5.94. The van der Waals surface area contributed by atoms with Gasteiger partial charge < -0.3 is 10.2 Å². The lowest BCUT2D eigenvalue weighted by Gasteiger charge is -2.18. The first kappa shape index (κ1) is 12.5. The lowest BCUT2D eigenvalue weighted by atomic mass is 10.2. The molecule has 1 N–H and O–H groups in total. The highest BCUT2D eigenvalue weighted by molar-refractivity contribution is 9.10. The second-order valence-electron chi connectivity index (χ2n) is 3.99. The number of hydrogen-bond donors (Lipinski definition) is 1. The molecule has 0 aliphatic rings. The van der Waals surface area contributed by atoms with Gasteiger partial charge in [-0.1, -0.05) is 22.0 Å². The smallest absolute Gasteiger partial charge is 0.0597 e. The average molecular weight is 311 g/mol. The Bertz CT molecular complexity index is 480. The first-order chi connectivity index (χ1) is 8.16. The van der Waals surface area contributed by atoms with Crippen molar-refractivity contribution in [3.63, 3.8) is 0 Å². The molecule has 0 atom stereocenters. The van der Waals surface area contributed by atoms with Crippen molar-refractivity contribution < 1.29 is 0 Å². The van der Waals surface area contributed by atoms with Crippen LogP contribution in [0.3, 0.4) is 0 Å². The van der Waals surface area contributed by atoms with Crippen molar-refractivity contribution in [1.82, 2.24) is 0 Å². The van der Waals surface area contributed by atoms with Gasteiger partial charge in [0.05, 0.1) is 11.4 Å². The minimum Gasteiger partial charge on any atom is -0.378 e. The number of nitrogens with one attached hydrogen (secondary N) is 1. The Kier molecular flexibility index (Phi) is 4.07. The molecule has 1 heterocycles. The molecule has 0 spiro atoms. The SMILES string of the molecule is CN(C)c1ccc(Br)cc1NCc1cccs1. The summed E-state index contributed by atoms with van der Waals surface area (Å²) in [7, 11) is 4.11. The summed E-state index contributed by atoms with van der Waals surface area (Å²) in [5.41, 5.74) is 2.35. The lowest BCUT2D eigenvalue weighted by molar-refractivity contribution is 1.11. The van der Waals surface area contributed by atoms with Crippen LogP contribution in [-0.4, -0.2) is 14.1 Å². The summed E-state index contributed by atoms with van der Waals surface area (Å²) in [6.07, 6.45) is 0. The van der Waals surface area contributed by atoms with Crippen LogP contribution in [0.4, 0.5) is 11.4 Å². The third-order valence-electron chi connectivity index (χ3n) is 2.47. The number of nitrogens with zero attached hydrogens (tertiary/aromatic N) is 1. The maximum Gasteiger partial charge on any atom is 0.0597 e. The van der Waals surface area contributed by atoms with Crippen molar-refractivity contribution >= 4 is 38.6 Å². The zero-order chi connectivity index (χ0) is 12.3. The molecule has 2 rings (SSSR count). The summed E-state index contributed by atoms with van der Waals surface area (Å²) in [6.45, 7) is 0.870. The molecule has 0 saturated carbocycles. The van der Waals surface area contributed by atoms with Crippen molar-refractivity contribution in [3.05, 3.63) is 45.1 Å². The van der Waals surface area contributed by atoms with Gasteiger partial charge in [-0.15, -0.1) is 11.3 Å². The van der Waals surface area contributed by atoms with E-state index in [9.17, 15) is 0 Å². The summed E-state index contributed by atoms with van der Waals surface area (Å²) in [6, 6.07) is 10.5. The molecule has 0 fully saturated rings. The molecule has 0 saturated heterocycles. The molecule has 2 aromatic rings. The number of thiophene rings is 1. The molecule has 0 amide bonds. The van der Waals surface area contributed by atoms with Gasteiger partial charge in [-0.05, 0) is 29.6 Å². The van der Waals surface area contributed by atoms with Gasteiger partial charge in [0.1, 0.15) is 0 Å². The molecule has 1 aromatic heterocycles. The maximum absolute atomic E-state index is 3.51. The number of anilines is 2. The predicted octanol–water partition coefficient (Wildman–Crippen LogP) is 4.19. The monoisotopic (exact) mass is 310 g/mol. The standard InChI is InChI=1S/C13H15BrN2S/c1-16(2)13-6-5-10(14)8-12(13)15-9-11-4-3-7-17-11/h3-8,15H,9H2,1-2H3. The van der Waals surface area contributed by atoms with E-state index in [1.807, 2.05) is 0 Å². The van der Waals surface area contributed by atoms with Gasteiger partial charge in [-0.3, -0.25) is 0 Å². The van der Waals surface area contributed by atoms with Crippen LogP contribution in [0, 0.1) is 0 Å². The third kappa shape index (κ3) is 3.23. The fourth-order valence-corrected chi connectivity index (χ4v) is 2.64. The van der Waals surface area contributed by atoms with Crippen LogP contribution in [0.2, 0.25) is 0 Å². The van der Waals surface area contributed by atoms with E-state index in [2.05, 4.69) is 76.0 Å². The highest BCUT2D eigenvalue weighted by atomic mass is 79.9. The van der Waals surface area contributed by atoms with Gasteiger partial charge >= 0.3 is 0 Å². The van der Waals surface area contributed by atoms with Gasteiger partial charge in [0.25, 0.3) is 0 Å². The molecule has 0 radical (unpaired) electrons. The van der Waals surface area contributed by atoms with Crippen LogP contribution in [0.15, 0.2) is 40.2 Å². The van der Waals surface area contributed by atoms with E-state index < -0.39 is 0 Å². The van der Waals surface area contributed by atoms with E-state index in [0.717, 1.165) is 16.7 Å². The van der Waals surface area contributed by atoms with E-state index in [4.69, 9.17) is 0 Å². The molecule has 1 aromatic carbocycles. The first-order valence-electron chi connectivity index (χ1n) is 5.40. The van der Waals surface area contributed by atoms with E-state index in [1.54, 1.807) is 11.3 Å². The molecule has 2 nitrogen and oxygen atoms in total. The van der Waals surface area contributed by atoms with Gasteiger partial charge in [0.2, 0.25) is 0 Å². The fraction of sp³-hybridized carbons (Fsp3) is 0.231. The Morgan fingerprint density at radius 3 is 2.76 bits per heavy atom. The van der Waals surface area contributed by atoms with Crippen molar-refractivity contribution in [2.75, 3.05) is 24.3 Å². The van der Waals surface area contributed by atoms with Crippen LogP contribution in [-0.2, 0) is 6.54 Å². The van der Waals surface area contributed by atoms with Crippen LogP contribution >= 0.6 is 27.3 Å². The molecular formula is C13H15BrN2S. The van der Waals surface area contributed by atoms with Crippen LogP contribution in [0.25, 0.3) is 0 Å². The number of benzene rings is 1. The Hall–Kier alpha value is -1.00. The van der Waals surface area contributed by atoms with Crippen molar-refractivity contribution in [2.45, 2.75) is 6.54 Å². The topological polar surface area (TPSA) is 15.3 Å². The number of rotatable bonds is 4. The Morgan fingerprint density at radius 2 is 2.12 bits per heavy atom. The molecule has 0 bridgehead atoms. The molecule has 0 aliphatic carbocycles. The second kappa shape index (κ2) is 5.56. The van der Waals surface area contributed by atoms with E-state index >= 15 is 0 Å². The largest absolute Gasteiger partial charge is 0.378 e. The van der Waals surface area contributed by atoms with Crippen molar-refractivity contribution in [2.24, 2.45) is 0 Å². The van der Waals surface area contributed by atoms with Gasteiger partial charge in [-0.2, -0.15) is 0 Å². The predicted molar refractivity (Wildman–Crippen MR) is 80.1 cm³/mol. The zero-order valence-electron chi connectivity index (χ0n) is 9.90. The molecule has 0 aliphatic heterocycles. The van der Waals surface area contributed by atoms with Gasteiger partial charge in [0.15, 0.2) is 0 Å². The molecule has 17 heavy (non-hydrogen) atoms. The van der Waals surface area contributed by atoms with Crippen LogP contribution in [0.5, 0.6) is 0 Å². The summed E-state index contributed by atoms with van der Waals surface area (Å²) >= 11 is 5.28. The maximum atomic E-state index is 3.51. The van der Waals surface area contributed by atoms with Crippen molar-refractivity contribution in [3.8, 4) is 0 Å².